The largest absolute Gasteiger partial charge is 0.278 e. The van der Waals surface area contributed by atoms with Crippen molar-refractivity contribution in [3.8, 4) is 5.82 Å². The quantitative estimate of drug-likeness (QED) is 0.658. The number of para-hydroxylation sites is 2. The van der Waals surface area contributed by atoms with Crippen LogP contribution < -0.4 is 0 Å². The summed E-state index contributed by atoms with van der Waals surface area (Å²) in [5.41, 5.74) is 2.00. The average molecular weight is 242 g/mol. The van der Waals surface area contributed by atoms with E-state index in [4.69, 9.17) is 0 Å². The molecule has 0 aliphatic heterocycles. The Morgan fingerprint density at radius 1 is 1.11 bits per heavy atom. The van der Waals surface area contributed by atoms with Gasteiger partial charge in [0.15, 0.2) is 11.6 Å². The Balaban J connectivity index is 2.38. The van der Waals surface area contributed by atoms with Crippen LogP contribution in [0.4, 0.5) is 4.39 Å². The minimum Gasteiger partial charge on any atom is -0.278 e. The van der Waals surface area contributed by atoms with Gasteiger partial charge in [-0.3, -0.25) is 4.57 Å². The number of aryl methyl sites for hydroxylation is 2. The van der Waals surface area contributed by atoms with Crippen LogP contribution in [0.15, 0.2) is 30.6 Å². The zero-order chi connectivity index (χ0) is 12.7. The minimum atomic E-state index is -0.413. The molecule has 3 aromatic rings. The van der Waals surface area contributed by atoms with Gasteiger partial charge in [-0.2, -0.15) is 0 Å². The summed E-state index contributed by atoms with van der Waals surface area (Å²) in [6.45, 7) is 3.45. The average Bonchev–Trinajstić information content (AvgIpc) is 2.69. The van der Waals surface area contributed by atoms with E-state index >= 15 is 0 Å². The summed E-state index contributed by atoms with van der Waals surface area (Å²) in [4.78, 5) is 12.3. The number of rotatable bonds is 1. The third-order valence-electron chi connectivity index (χ3n) is 2.89. The number of halogens is 1. The highest BCUT2D eigenvalue weighted by molar-refractivity contribution is 5.77. The molecular formula is C13H11FN4. The lowest BCUT2D eigenvalue weighted by molar-refractivity contribution is 0.589. The molecule has 0 radical (unpaired) electrons. The highest BCUT2D eigenvalue weighted by atomic mass is 19.1. The lowest BCUT2D eigenvalue weighted by Gasteiger charge is -2.07. The monoisotopic (exact) mass is 242 g/mol. The number of imidazole rings is 1. The van der Waals surface area contributed by atoms with E-state index < -0.39 is 5.82 Å². The maximum atomic E-state index is 14.1. The van der Waals surface area contributed by atoms with Crippen molar-refractivity contribution in [2.75, 3.05) is 0 Å². The van der Waals surface area contributed by atoms with Crippen molar-refractivity contribution >= 4 is 11.0 Å². The van der Waals surface area contributed by atoms with Gasteiger partial charge in [0.2, 0.25) is 0 Å². The van der Waals surface area contributed by atoms with Gasteiger partial charge < -0.3 is 0 Å². The first-order valence-corrected chi connectivity index (χ1v) is 5.60. The Labute approximate surface area is 103 Å². The number of hydrogen-bond acceptors (Lipinski definition) is 3. The third-order valence-corrected chi connectivity index (χ3v) is 2.89. The first-order chi connectivity index (χ1) is 8.68. The van der Waals surface area contributed by atoms with E-state index in [0.29, 0.717) is 11.5 Å². The molecule has 90 valence electrons. The summed E-state index contributed by atoms with van der Waals surface area (Å²) in [7, 11) is 0. The molecule has 0 saturated heterocycles. The summed E-state index contributed by atoms with van der Waals surface area (Å²) < 4.78 is 15.8. The van der Waals surface area contributed by atoms with E-state index in [2.05, 4.69) is 15.0 Å². The SMILES string of the molecule is Cc1ncnc(-n2c(C)nc3ccccc32)c1F. The van der Waals surface area contributed by atoms with Crippen molar-refractivity contribution in [3.63, 3.8) is 0 Å². The van der Waals surface area contributed by atoms with E-state index in [1.165, 1.54) is 6.33 Å². The third kappa shape index (κ3) is 1.48. The van der Waals surface area contributed by atoms with E-state index in [1.807, 2.05) is 31.2 Å². The van der Waals surface area contributed by atoms with Crippen molar-refractivity contribution in [3.05, 3.63) is 47.9 Å². The lowest BCUT2D eigenvalue weighted by atomic mass is 10.3. The number of hydrogen-bond donors (Lipinski definition) is 0. The van der Waals surface area contributed by atoms with Gasteiger partial charge in [0.1, 0.15) is 12.2 Å². The zero-order valence-corrected chi connectivity index (χ0v) is 10.1. The molecule has 0 aliphatic carbocycles. The summed E-state index contributed by atoms with van der Waals surface area (Å²) in [5, 5.41) is 0. The normalized spacial score (nSPS) is 11.1. The molecule has 0 aliphatic rings. The second-order valence-electron chi connectivity index (χ2n) is 4.08. The van der Waals surface area contributed by atoms with Crippen LogP contribution in [0, 0.1) is 19.7 Å². The summed E-state index contributed by atoms with van der Waals surface area (Å²) in [6, 6.07) is 7.59. The molecule has 0 unspecified atom stereocenters. The maximum Gasteiger partial charge on any atom is 0.187 e. The molecule has 4 nitrogen and oxygen atoms in total. The van der Waals surface area contributed by atoms with Crippen LogP contribution in [-0.4, -0.2) is 19.5 Å². The van der Waals surface area contributed by atoms with Gasteiger partial charge in [0.25, 0.3) is 0 Å². The Morgan fingerprint density at radius 2 is 1.89 bits per heavy atom. The van der Waals surface area contributed by atoms with Gasteiger partial charge in [-0.05, 0) is 26.0 Å². The highest BCUT2D eigenvalue weighted by Gasteiger charge is 2.15. The fourth-order valence-electron chi connectivity index (χ4n) is 2.01. The van der Waals surface area contributed by atoms with Crippen LogP contribution in [-0.2, 0) is 0 Å². The van der Waals surface area contributed by atoms with Crippen LogP contribution in [0.2, 0.25) is 0 Å². The fourth-order valence-corrected chi connectivity index (χ4v) is 2.01. The van der Waals surface area contributed by atoms with Crippen molar-refractivity contribution in [1.82, 2.24) is 19.5 Å². The number of benzene rings is 1. The van der Waals surface area contributed by atoms with E-state index in [1.54, 1.807) is 11.5 Å². The van der Waals surface area contributed by atoms with Crippen LogP contribution >= 0.6 is 0 Å². The molecule has 0 amide bonds. The molecular weight excluding hydrogens is 231 g/mol. The Kier molecular flexibility index (Phi) is 2.33. The molecule has 0 spiro atoms. The van der Waals surface area contributed by atoms with Crippen LogP contribution in [0.25, 0.3) is 16.9 Å². The highest BCUT2D eigenvalue weighted by Crippen LogP contribution is 2.21. The van der Waals surface area contributed by atoms with E-state index in [0.717, 1.165) is 11.0 Å². The first-order valence-electron chi connectivity index (χ1n) is 5.60. The molecule has 2 heterocycles. The number of aromatic nitrogens is 4. The zero-order valence-electron chi connectivity index (χ0n) is 10.1. The van der Waals surface area contributed by atoms with Gasteiger partial charge in [0.05, 0.1) is 16.7 Å². The molecule has 1 aromatic carbocycles. The van der Waals surface area contributed by atoms with Gasteiger partial charge in [-0.1, -0.05) is 12.1 Å². The Bertz CT molecular complexity index is 733. The van der Waals surface area contributed by atoms with Gasteiger partial charge >= 0.3 is 0 Å². The molecule has 0 atom stereocenters. The second kappa shape index (κ2) is 3.87. The first kappa shape index (κ1) is 10.8. The molecule has 2 aromatic heterocycles. The van der Waals surface area contributed by atoms with Crippen LogP contribution in [0.3, 0.4) is 0 Å². The van der Waals surface area contributed by atoms with Crippen molar-refractivity contribution in [2.24, 2.45) is 0 Å². The Hall–Kier alpha value is -2.30. The van der Waals surface area contributed by atoms with E-state index in [-0.39, 0.29) is 5.82 Å². The summed E-state index contributed by atoms with van der Waals surface area (Å²) >= 11 is 0. The lowest BCUT2D eigenvalue weighted by Crippen LogP contribution is -2.05. The topological polar surface area (TPSA) is 43.6 Å². The molecule has 5 heteroatoms. The molecule has 18 heavy (non-hydrogen) atoms. The fraction of sp³-hybridized carbons (Fsp3) is 0.154. The Morgan fingerprint density at radius 3 is 2.72 bits per heavy atom. The van der Waals surface area contributed by atoms with E-state index in [9.17, 15) is 4.39 Å². The number of nitrogens with zero attached hydrogens (tertiary/aromatic N) is 4. The molecule has 0 saturated carbocycles. The van der Waals surface area contributed by atoms with Crippen molar-refractivity contribution in [2.45, 2.75) is 13.8 Å². The molecule has 0 bridgehead atoms. The molecule has 0 N–H and O–H groups in total. The van der Waals surface area contributed by atoms with Crippen LogP contribution in [0.5, 0.6) is 0 Å². The predicted octanol–water partition coefficient (Wildman–Crippen LogP) is 2.57. The summed E-state index contributed by atoms with van der Waals surface area (Å²) in [5.74, 6) is 0.533. The van der Waals surface area contributed by atoms with Gasteiger partial charge in [-0.25, -0.2) is 19.3 Å². The molecule has 0 fully saturated rings. The standard InChI is InChI=1S/C13H11FN4/c1-8-12(14)13(16-7-15-8)18-9(2)17-10-5-3-4-6-11(10)18/h3-7H,1-2H3. The minimum absolute atomic E-state index is 0.244. The second-order valence-corrected chi connectivity index (χ2v) is 4.08. The van der Waals surface area contributed by atoms with Crippen LogP contribution in [0.1, 0.15) is 11.5 Å². The van der Waals surface area contributed by atoms with Crippen molar-refractivity contribution in [1.29, 1.82) is 0 Å². The predicted molar refractivity (Wildman–Crippen MR) is 66.1 cm³/mol. The van der Waals surface area contributed by atoms with Crippen molar-refractivity contribution < 1.29 is 4.39 Å². The maximum absolute atomic E-state index is 14.1. The summed E-state index contributed by atoms with van der Waals surface area (Å²) in [6.07, 6.45) is 1.36. The molecule has 3 rings (SSSR count). The van der Waals surface area contributed by atoms with Gasteiger partial charge in [0, 0.05) is 0 Å². The number of fused-ring (bicyclic) bond motifs is 1. The smallest absolute Gasteiger partial charge is 0.187 e. The van der Waals surface area contributed by atoms with Gasteiger partial charge in [-0.15, -0.1) is 0 Å².